The molecule has 0 radical (unpaired) electrons. The van der Waals surface area contributed by atoms with E-state index < -0.39 is 47.9 Å². The topological polar surface area (TPSA) is 177 Å². The van der Waals surface area contributed by atoms with Crippen LogP contribution in [0, 0.1) is 11.8 Å². The zero-order valence-corrected chi connectivity index (χ0v) is 19.8. The monoisotopic (exact) mass is 461 g/mol. The van der Waals surface area contributed by atoms with Crippen LogP contribution in [0.15, 0.2) is 0 Å². The minimum absolute atomic E-state index is 0.120. The molecule has 0 aromatic heterocycles. The van der Waals surface area contributed by atoms with E-state index >= 15 is 0 Å². The molecule has 0 aliphatic carbocycles. The molecule has 0 saturated heterocycles. The normalized spacial score (nSPS) is 16.0. The Balaban J connectivity index is 5.45. The number of unbranched alkanes of at least 4 members (excludes halogenated alkanes) is 1. The maximum Gasteiger partial charge on any atom is 0.326 e. The highest BCUT2D eigenvalue weighted by atomic mass is 32.1. The van der Waals surface area contributed by atoms with Gasteiger partial charge in [0.05, 0.1) is 6.04 Å². The van der Waals surface area contributed by atoms with Crippen LogP contribution < -0.4 is 27.4 Å². The van der Waals surface area contributed by atoms with Gasteiger partial charge in [-0.15, -0.1) is 0 Å². The Morgan fingerprint density at radius 3 is 1.97 bits per heavy atom. The molecule has 8 N–H and O–H groups in total. The van der Waals surface area contributed by atoms with Gasteiger partial charge in [0.15, 0.2) is 0 Å². The van der Waals surface area contributed by atoms with Gasteiger partial charge in [-0.2, -0.15) is 12.6 Å². The summed E-state index contributed by atoms with van der Waals surface area (Å²) in [7, 11) is 0. The van der Waals surface area contributed by atoms with E-state index in [0.29, 0.717) is 25.8 Å². The van der Waals surface area contributed by atoms with Gasteiger partial charge in [0, 0.05) is 5.75 Å². The van der Waals surface area contributed by atoms with Gasteiger partial charge < -0.3 is 32.5 Å². The Hall–Kier alpha value is -1.85. The average molecular weight is 462 g/mol. The number of nitrogens with two attached hydrogens (primary N) is 2. The van der Waals surface area contributed by atoms with Crippen molar-refractivity contribution < 1.29 is 24.3 Å². The number of nitrogens with one attached hydrogen (secondary N) is 3. The molecule has 0 aromatic rings. The minimum atomic E-state index is -1.14. The zero-order chi connectivity index (χ0) is 24.1. The molecule has 180 valence electrons. The molecule has 5 atom stereocenters. The molecule has 0 heterocycles. The molecule has 0 fully saturated rings. The van der Waals surface area contributed by atoms with Crippen molar-refractivity contribution in [1.82, 2.24) is 16.0 Å². The van der Waals surface area contributed by atoms with Crippen molar-refractivity contribution >= 4 is 36.3 Å². The van der Waals surface area contributed by atoms with Crippen LogP contribution in [0.2, 0.25) is 0 Å². The van der Waals surface area contributed by atoms with Crippen LogP contribution in [-0.4, -0.2) is 65.3 Å². The average Bonchev–Trinajstić information content (AvgIpc) is 2.72. The van der Waals surface area contributed by atoms with Crippen molar-refractivity contribution in [2.45, 2.75) is 77.5 Å². The van der Waals surface area contributed by atoms with Crippen molar-refractivity contribution in [3.63, 3.8) is 0 Å². The lowest BCUT2D eigenvalue weighted by molar-refractivity contribution is -0.144. The van der Waals surface area contributed by atoms with E-state index in [1.54, 1.807) is 20.8 Å². The highest BCUT2D eigenvalue weighted by Gasteiger charge is 2.32. The third-order valence-corrected chi connectivity index (χ3v) is 5.53. The SMILES string of the molecule is CCC(C)C(NC(=O)C(CCCCN)NC(=O)C(NC(=O)C(N)CS)C(C)C)C(=O)O. The Morgan fingerprint density at radius 2 is 1.52 bits per heavy atom. The summed E-state index contributed by atoms with van der Waals surface area (Å²) < 4.78 is 0. The summed E-state index contributed by atoms with van der Waals surface area (Å²) in [4.78, 5) is 49.4. The number of carboxylic acids is 1. The van der Waals surface area contributed by atoms with Crippen molar-refractivity contribution in [1.29, 1.82) is 0 Å². The number of carboxylic acid groups (broad SMARTS) is 1. The first-order valence-corrected chi connectivity index (χ1v) is 11.3. The fourth-order valence-electron chi connectivity index (χ4n) is 2.84. The molecule has 31 heavy (non-hydrogen) atoms. The van der Waals surface area contributed by atoms with Crippen molar-refractivity contribution in [2.24, 2.45) is 23.3 Å². The van der Waals surface area contributed by atoms with E-state index in [1.807, 2.05) is 6.92 Å². The summed E-state index contributed by atoms with van der Waals surface area (Å²) in [6, 6.07) is -3.80. The van der Waals surface area contributed by atoms with Gasteiger partial charge >= 0.3 is 5.97 Å². The third-order valence-electron chi connectivity index (χ3n) is 5.14. The number of carbonyl (C=O) groups excluding carboxylic acids is 3. The minimum Gasteiger partial charge on any atom is -0.480 e. The van der Waals surface area contributed by atoms with Crippen LogP contribution in [0.1, 0.15) is 53.4 Å². The number of thiol groups is 1. The molecule has 0 aliphatic heterocycles. The van der Waals surface area contributed by atoms with Gasteiger partial charge in [0.25, 0.3) is 0 Å². The summed E-state index contributed by atoms with van der Waals surface area (Å²) >= 11 is 3.99. The maximum atomic E-state index is 12.9. The van der Waals surface area contributed by atoms with Gasteiger partial charge in [-0.3, -0.25) is 14.4 Å². The summed E-state index contributed by atoms with van der Waals surface area (Å²) in [5.74, 6) is -3.22. The lowest BCUT2D eigenvalue weighted by atomic mass is 9.98. The zero-order valence-electron chi connectivity index (χ0n) is 18.9. The second kappa shape index (κ2) is 15.0. The molecule has 0 rings (SSSR count). The van der Waals surface area contributed by atoms with Crippen LogP contribution in [0.25, 0.3) is 0 Å². The molecule has 0 bridgehead atoms. The lowest BCUT2D eigenvalue weighted by Crippen LogP contribution is -2.59. The van der Waals surface area contributed by atoms with Crippen LogP contribution in [0.3, 0.4) is 0 Å². The van der Waals surface area contributed by atoms with Gasteiger partial charge in [-0.25, -0.2) is 4.79 Å². The molecular weight excluding hydrogens is 422 g/mol. The number of carbonyl (C=O) groups is 4. The van der Waals surface area contributed by atoms with E-state index in [-0.39, 0.29) is 24.0 Å². The van der Waals surface area contributed by atoms with E-state index in [2.05, 4.69) is 28.6 Å². The van der Waals surface area contributed by atoms with Crippen LogP contribution in [-0.2, 0) is 19.2 Å². The fourth-order valence-corrected chi connectivity index (χ4v) is 3.00. The molecule has 0 saturated carbocycles. The smallest absolute Gasteiger partial charge is 0.326 e. The third kappa shape index (κ3) is 10.3. The van der Waals surface area contributed by atoms with Crippen LogP contribution in [0.5, 0.6) is 0 Å². The first kappa shape index (κ1) is 29.1. The number of hydrogen-bond donors (Lipinski definition) is 7. The molecule has 0 aliphatic rings. The molecule has 0 aromatic carbocycles. The summed E-state index contributed by atoms with van der Waals surface area (Å²) in [5, 5.41) is 17.2. The lowest BCUT2D eigenvalue weighted by Gasteiger charge is -2.27. The van der Waals surface area contributed by atoms with E-state index in [0.717, 1.165) is 0 Å². The molecule has 11 heteroatoms. The number of aliphatic carboxylic acids is 1. The molecule has 0 spiro atoms. The molecular formula is C20H39N5O5S. The first-order chi connectivity index (χ1) is 14.5. The van der Waals surface area contributed by atoms with Crippen molar-refractivity contribution in [3.05, 3.63) is 0 Å². The fraction of sp³-hybridized carbons (Fsp3) is 0.800. The molecule has 5 unspecified atom stereocenters. The van der Waals surface area contributed by atoms with Crippen molar-refractivity contribution in [3.8, 4) is 0 Å². The summed E-state index contributed by atoms with van der Waals surface area (Å²) in [6.07, 6.45) is 2.07. The standard InChI is InChI=1S/C20H39N5O5S/c1-5-12(4)16(20(29)30)25-18(27)14(8-6-7-9-21)23-19(28)15(11(2)3)24-17(26)13(22)10-31/h11-16,31H,5-10,21-22H2,1-4H3,(H,23,28)(H,24,26)(H,25,27)(H,29,30). The Morgan fingerprint density at radius 1 is 0.935 bits per heavy atom. The largest absolute Gasteiger partial charge is 0.480 e. The van der Waals surface area contributed by atoms with E-state index in [9.17, 15) is 24.3 Å². The maximum absolute atomic E-state index is 12.9. The van der Waals surface area contributed by atoms with E-state index in [4.69, 9.17) is 11.5 Å². The van der Waals surface area contributed by atoms with Crippen LogP contribution >= 0.6 is 12.6 Å². The second-order valence-electron chi connectivity index (χ2n) is 8.08. The molecule has 10 nitrogen and oxygen atoms in total. The summed E-state index contributed by atoms with van der Waals surface area (Å²) in [6.45, 7) is 7.50. The van der Waals surface area contributed by atoms with Gasteiger partial charge in [-0.05, 0) is 37.6 Å². The van der Waals surface area contributed by atoms with E-state index in [1.165, 1.54) is 0 Å². The Labute approximate surface area is 190 Å². The number of amides is 3. The second-order valence-corrected chi connectivity index (χ2v) is 8.44. The number of hydrogen-bond acceptors (Lipinski definition) is 7. The Bertz CT molecular complexity index is 605. The van der Waals surface area contributed by atoms with Crippen LogP contribution in [0.4, 0.5) is 0 Å². The highest BCUT2D eigenvalue weighted by Crippen LogP contribution is 2.10. The molecule has 3 amide bonds. The Kier molecular flexibility index (Phi) is 14.1. The van der Waals surface area contributed by atoms with Gasteiger partial charge in [0.1, 0.15) is 18.1 Å². The summed E-state index contributed by atoms with van der Waals surface area (Å²) in [5.41, 5.74) is 11.2. The first-order valence-electron chi connectivity index (χ1n) is 10.7. The quantitative estimate of drug-likeness (QED) is 0.128. The van der Waals surface area contributed by atoms with Gasteiger partial charge in [0.2, 0.25) is 17.7 Å². The predicted molar refractivity (Wildman–Crippen MR) is 122 cm³/mol. The highest BCUT2D eigenvalue weighted by molar-refractivity contribution is 7.80. The predicted octanol–water partition coefficient (Wildman–Crippen LogP) is -0.386. The van der Waals surface area contributed by atoms with Crippen molar-refractivity contribution in [2.75, 3.05) is 12.3 Å². The van der Waals surface area contributed by atoms with Gasteiger partial charge in [-0.1, -0.05) is 34.1 Å². The number of rotatable bonds is 15.